The zero-order valence-corrected chi connectivity index (χ0v) is 13.3. The summed E-state index contributed by atoms with van der Waals surface area (Å²) in [6.45, 7) is 7.82. The average Bonchev–Trinajstić information content (AvgIpc) is 2.47. The highest BCUT2D eigenvalue weighted by Crippen LogP contribution is 2.10. The maximum atomic E-state index is 11.8. The van der Waals surface area contributed by atoms with Gasteiger partial charge in [-0.2, -0.15) is 0 Å². The molecule has 0 bridgehead atoms. The van der Waals surface area contributed by atoms with E-state index in [9.17, 15) is 9.59 Å². The van der Waals surface area contributed by atoms with E-state index < -0.39 is 24.5 Å². The molecule has 22 heavy (non-hydrogen) atoms. The fraction of sp³-hybridized carbons (Fsp3) is 0.500. The fourth-order valence-electron chi connectivity index (χ4n) is 1.72. The van der Waals surface area contributed by atoms with Crippen LogP contribution in [0.15, 0.2) is 24.3 Å². The minimum atomic E-state index is -0.616. The summed E-state index contributed by atoms with van der Waals surface area (Å²) in [6, 6.07) is 6.01. The third-order valence-corrected chi connectivity index (χ3v) is 2.71. The molecule has 0 saturated carbocycles. The van der Waals surface area contributed by atoms with E-state index in [1.54, 1.807) is 13.8 Å². The van der Waals surface area contributed by atoms with E-state index >= 15 is 0 Å². The maximum absolute atomic E-state index is 11.8. The Morgan fingerprint density at radius 1 is 0.818 bits per heavy atom. The summed E-state index contributed by atoms with van der Waals surface area (Å²) < 4.78 is 20.4. The summed E-state index contributed by atoms with van der Waals surface area (Å²) in [4.78, 5) is 23.7. The summed E-state index contributed by atoms with van der Waals surface area (Å²) >= 11 is 0. The van der Waals surface area contributed by atoms with Gasteiger partial charge in [0.05, 0.1) is 11.1 Å². The topological polar surface area (TPSA) is 71.1 Å². The molecule has 0 aromatic heterocycles. The van der Waals surface area contributed by atoms with Crippen molar-refractivity contribution < 1.29 is 28.5 Å². The first-order valence-electron chi connectivity index (χ1n) is 7.23. The van der Waals surface area contributed by atoms with Gasteiger partial charge in [0.1, 0.15) is 0 Å². The molecule has 0 saturated heterocycles. The molecular formula is C16H22O6. The van der Waals surface area contributed by atoms with Gasteiger partial charge in [0.25, 0.3) is 0 Å². The molecule has 0 radical (unpaired) electrons. The first-order chi connectivity index (χ1) is 10.5. The van der Waals surface area contributed by atoms with Crippen LogP contribution in [0.25, 0.3) is 0 Å². The lowest BCUT2D eigenvalue weighted by Gasteiger charge is -2.14. The monoisotopic (exact) mass is 310 g/mol. The predicted octanol–water partition coefficient (Wildman–Crippen LogP) is 2.77. The Morgan fingerprint density at radius 3 is 1.41 bits per heavy atom. The molecule has 0 aliphatic carbocycles. The van der Waals surface area contributed by atoms with Gasteiger partial charge in [0.2, 0.25) is 0 Å². The van der Waals surface area contributed by atoms with Gasteiger partial charge in [0.15, 0.2) is 12.6 Å². The van der Waals surface area contributed by atoms with Crippen LogP contribution >= 0.6 is 0 Å². The van der Waals surface area contributed by atoms with Gasteiger partial charge in [0, 0.05) is 13.2 Å². The number of carbonyl (C=O) groups is 2. The second-order valence-electron chi connectivity index (χ2n) is 4.43. The van der Waals surface area contributed by atoms with Gasteiger partial charge in [-0.25, -0.2) is 9.59 Å². The second-order valence-corrected chi connectivity index (χ2v) is 4.43. The number of hydrogen-bond donors (Lipinski definition) is 0. The van der Waals surface area contributed by atoms with Crippen LogP contribution in [-0.4, -0.2) is 37.7 Å². The third-order valence-electron chi connectivity index (χ3n) is 2.71. The van der Waals surface area contributed by atoms with Crippen LogP contribution in [0.5, 0.6) is 0 Å². The molecule has 0 spiro atoms. The summed E-state index contributed by atoms with van der Waals surface area (Å²) in [7, 11) is 0. The molecule has 6 heteroatoms. The van der Waals surface area contributed by atoms with Gasteiger partial charge < -0.3 is 18.9 Å². The summed E-state index contributed by atoms with van der Waals surface area (Å²) in [5, 5.41) is 0. The summed E-state index contributed by atoms with van der Waals surface area (Å²) in [5.41, 5.74) is 0.668. The molecule has 6 nitrogen and oxygen atoms in total. The van der Waals surface area contributed by atoms with Crippen molar-refractivity contribution in [3.8, 4) is 0 Å². The van der Waals surface area contributed by atoms with E-state index in [4.69, 9.17) is 18.9 Å². The van der Waals surface area contributed by atoms with Crippen LogP contribution in [-0.2, 0) is 18.9 Å². The van der Waals surface area contributed by atoms with E-state index in [0.717, 1.165) is 0 Å². The smallest absolute Gasteiger partial charge is 0.340 e. The van der Waals surface area contributed by atoms with Crippen LogP contribution in [0.2, 0.25) is 0 Å². The molecule has 2 atom stereocenters. The number of rotatable bonds is 8. The number of hydrogen-bond acceptors (Lipinski definition) is 6. The Labute approximate surface area is 130 Å². The molecule has 0 fully saturated rings. The van der Waals surface area contributed by atoms with Gasteiger partial charge in [-0.3, -0.25) is 0 Å². The third kappa shape index (κ3) is 5.83. The van der Waals surface area contributed by atoms with Crippen molar-refractivity contribution in [1.82, 2.24) is 0 Å². The minimum Gasteiger partial charge on any atom is -0.432 e. The van der Waals surface area contributed by atoms with Gasteiger partial charge in [-0.05, 0) is 52.0 Å². The van der Waals surface area contributed by atoms with Crippen molar-refractivity contribution in [1.29, 1.82) is 0 Å². The first kappa shape index (κ1) is 18.1. The Balaban J connectivity index is 2.62. The molecule has 122 valence electrons. The van der Waals surface area contributed by atoms with Crippen LogP contribution in [0.3, 0.4) is 0 Å². The first-order valence-corrected chi connectivity index (χ1v) is 7.23. The SMILES string of the molecule is CCOC(C)OC(=O)c1ccc(C(=O)OC(C)OCC)cc1. The Morgan fingerprint density at radius 2 is 1.14 bits per heavy atom. The Bertz CT molecular complexity index is 437. The average molecular weight is 310 g/mol. The molecule has 1 aromatic rings. The summed E-state index contributed by atoms with van der Waals surface area (Å²) in [5.74, 6) is -1.02. The van der Waals surface area contributed by atoms with Gasteiger partial charge in [-0.1, -0.05) is 0 Å². The van der Waals surface area contributed by atoms with E-state index in [2.05, 4.69) is 0 Å². The molecule has 1 rings (SSSR count). The van der Waals surface area contributed by atoms with Crippen LogP contribution < -0.4 is 0 Å². The van der Waals surface area contributed by atoms with E-state index in [-0.39, 0.29) is 0 Å². The zero-order valence-electron chi connectivity index (χ0n) is 13.3. The molecule has 0 heterocycles. The van der Waals surface area contributed by atoms with E-state index in [1.807, 2.05) is 13.8 Å². The molecule has 0 amide bonds. The van der Waals surface area contributed by atoms with Crippen LogP contribution in [0.4, 0.5) is 0 Å². The maximum Gasteiger partial charge on any atom is 0.340 e. The fourth-order valence-corrected chi connectivity index (χ4v) is 1.72. The van der Waals surface area contributed by atoms with Crippen molar-refractivity contribution in [2.75, 3.05) is 13.2 Å². The predicted molar refractivity (Wildman–Crippen MR) is 79.4 cm³/mol. The Hall–Kier alpha value is -1.92. The number of carbonyl (C=O) groups excluding carboxylic acids is 2. The lowest BCUT2D eigenvalue weighted by molar-refractivity contribution is -0.0950. The van der Waals surface area contributed by atoms with Gasteiger partial charge >= 0.3 is 11.9 Å². The van der Waals surface area contributed by atoms with Crippen molar-refractivity contribution in [2.24, 2.45) is 0 Å². The molecule has 0 aliphatic heterocycles. The normalized spacial score (nSPS) is 13.3. The number of benzene rings is 1. The van der Waals surface area contributed by atoms with Crippen LogP contribution in [0.1, 0.15) is 48.4 Å². The van der Waals surface area contributed by atoms with Crippen molar-refractivity contribution >= 4 is 11.9 Å². The molecular weight excluding hydrogens is 288 g/mol. The second kappa shape index (κ2) is 9.17. The van der Waals surface area contributed by atoms with Crippen molar-refractivity contribution in [3.63, 3.8) is 0 Å². The highest BCUT2D eigenvalue weighted by atomic mass is 16.7. The molecule has 0 aliphatic rings. The lowest BCUT2D eigenvalue weighted by Crippen LogP contribution is -2.19. The number of esters is 2. The minimum absolute atomic E-state index is 0.334. The molecule has 2 unspecified atom stereocenters. The molecule has 0 N–H and O–H groups in total. The largest absolute Gasteiger partial charge is 0.432 e. The number of ether oxygens (including phenoxy) is 4. The Kier molecular flexibility index (Phi) is 7.56. The summed E-state index contributed by atoms with van der Waals surface area (Å²) in [6.07, 6.45) is -1.23. The van der Waals surface area contributed by atoms with Crippen LogP contribution in [0, 0.1) is 0 Å². The van der Waals surface area contributed by atoms with Gasteiger partial charge in [-0.15, -0.1) is 0 Å². The molecule has 1 aromatic carbocycles. The van der Waals surface area contributed by atoms with E-state index in [1.165, 1.54) is 24.3 Å². The van der Waals surface area contributed by atoms with Crippen molar-refractivity contribution in [3.05, 3.63) is 35.4 Å². The zero-order chi connectivity index (χ0) is 16.5. The lowest BCUT2D eigenvalue weighted by atomic mass is 10.1. The van der Waals surface area contributed by atoms with Crippen molar-refractivity contribution in [2.45, 2.75) is 40.3 Å². The van der Waals surface area contributed by atoms with E-state index in [0.29, 0.717) is 24.3 Å². The standard InChI is InChI=1S/C16H22O6/c1-5-19-11(3)21-15(17)13-7-9-14(10-8-13)16(18)22-12(4)20-6-2/h7-12H,5-6H2,1-4H3. The highest BCUT2D eigenvalue weighted by Gasteiger charge is 2.15. The highest BCUT2D eigenvalue weighted by molar-refractivity contribution is 5.93. The quantitative estimate of drug-likeness (QED) is 0.543.